The molecule has 0 aromatic carbocycles. The molecule has 0 saturated heterocycles. The van der Waals surface area contributed by atoms with Crippen LogP contribution in [0.1, 0.15) is 194 Å². The van der Waals surface area contributed by atoms with Gasteiger partial charge in [-0.1, -0.05) is 134 Å². The van der Waals surface area contributed by atoms with E-state index in [1.54, 1.807) is 21.0 Å². The van der Waals surface area contributed by atoms with E-state index in [0.29, 0.717) is 6.42 Å². The number of aliphatic hydroxyl groups is 2. The van der Waals surface area contributed by atoms with E-state index in [-0.39, 0.29) is 36.9 Å². The van der Waals surface area contributed by atoms with Gasteiger partial charge in [0.25, 0.3) is 0 Å². The van der Waals surface area contributed by atoms with Crippen LogP contribution >= 0.6 is 7.60 Å². The molecule has 11 heteroatoms. The second kappa shape index (κ2) is 35.6. The molecule has 0 aromatic heterocycles. The molecule has 0 amide bonds. The Morgan fingerprint density at radius 2 is 1.05 bits per heavy atom. The van der Waals surface area contributed by atoms with Crippen molar-refractivity contribution in [3.8, 4) is 0 Å². The molecular formula is C44H85NO9P+. The highest BCUT2D eigenvalue weighted by molar-refractivity contribution is 7.53. The molecule has 0 aliphatic rings. The fourth-order valence-electron chi connectivity index (χ4n) is 6.28. The van der Waals surface area contributed by atoms with Crippen LogP contribution in [-0.4, -0.2) is 83.6 Å². The second-order valence-electron chi connectivity index (χ2n) is 16.0. The highest BCUT2D eigenvalue weighted by atomic mass is 31.2. The molecule has 3 atom stereocenters. The molecular weight excluding hydrogens is 717 g/mol. The van der Waals surface area contributed by atoms with Crippen molar-refractivity contribution in [1.29, 1.82) is 0 Å². The Kier molecular flexibility index (Phi) is 34.6. The van der Waals surface area contributed by atoms with Crippen LogP contribution in [0.25, 0.3) is 0 Å². The smallest absolute Gasteiger partial charge is 0.384 e. The third-order valence-corrected chi connectivity index (χ3v) is 12.5. The Balaban J connectivity index is 4.66. The molecule has 0 aromatic rings. The van der Waals surface area contributed by atoms with Gasteiger partial charge in [-0.3, -0.25) is 14.2 Å². The average Bonchev–Trinajstić information content (AvgIpc) is 3.15. The molecule has 0 heterocycles. The molecule has 0 aliphatic heterocycles. The van der Waals surface area contributed by atoms with Crippen LogP contribution in [0.4, 0.5) is 0 Å². The predicted octanol–water partition coefficient (Wildman–Crippen LogP) is 11.1. The SMILES string of the molecule is CCC/C=C\CCCC/C=C\CCCCC(=O)O[C@H](COC(=O)CCCCCCCCCCCCCCCCC)COP(=O)(O)C(C)[N+](C)(C)CCC(O)O. The molecule has 2 unspecified atom stereocenters. The normalized spacial score (nSPS) is 14.5. The van der Waals surface area contributed by atoms with Crippen molar-refractivity contribution in [3.63, 3.8) is 0 Å². The lowest BCUT2D eigenvalue weighted by Gasteiger charge is -2.37. The van der Waals surface area contributed by atoms with Gasteiger partial charge in [0.05, 0.1) is 27.2 Å². The van der Waals surface area contributed by atoms with Crippen LogP contribution in [0.3, 0.4) is 0 Å². The van der Waals surface area contributed by atoms with E-state index in [1.165, 1.54) is 89.9 Å². The van der Waals surface area contributed by atoms with Crippen molar-refractivity contribution in [1.82, 2.24) is 0 Å². The molecule has 0 bridgehead atoms. The topological polar surface area (TPSA) is 140 Å². The molecule has 55 heavy (non-hydrogen) atoms. The Morgan fingerprint density at radius 3 is 1.55 bits per heavy atom. The minimum Gasteiger partial charge on any atom is -0.462 e. The molecule has 10 nitrogen and oxygen atoms in total. The fraction of sp³-hybridized carbons (Fsp3) is 0.864. The van der Waals surface area contributed by atoms with E-state index >= 15 is 0 Å². The van der Waals surface area contributed by atoms with Gasteiger partial charge in [0.15, 0.2) is 18.2 Å². The van der Waals surface area contributed by atoms with E-state index in [1.807, 2.05) is 0 Å². The standard InChI is InChI=1S/C44H84NO9P/c1-6-8-10-12-14-16-18-20-21-23-24-26-28-30-32-34-43(48)52-38-41(39-53-55(50,51)40(3)45(4,5)37-36-42(46)47)54-44(49)35-33-31-29-27-25-22-19-17-15-13-11-9-7-2/h11,13,25,27,40-42,46-47H,6-10,12,14-24,26,28-39H2,1-5H3/p+1/b13-11-,27-25-/t40?,41-/m1/s1. The minimum absolute atomic E-state index is 0.00886. The number of carbonyl (C=O) groups is 2. The van der Waals surface area contributed by atoms with E-state index in [0.717, 1.165) is 57.8 Å². The Hall–Kier alpha value is -1.55. The monoisotopic (exact) mass is 803 g/mol. The quantitative estimate of drug-likeness (QED) is 0.0138. The number of esters is 2. The van der Waals surface area contributed by atoms with Crippen molar-refractivity contribution in [2.45, 2.75) is 212 Å². The van der Waals surface area contributed by atoms with Gasteiger partial charge < -0.3 is 33.6 Å². The van der Waals surface area contributed by atoms with Crippen molar-refractivity contribution in [2.24, 2.45) is 0 Å². The average molecular weight is 803 g/mol. The van der Waals surface area contributed by atoms with Gasteiger partial charge in [0, 0.05) is 19.3 Å². The van der Waals surface area contributed by atoms with E-state index < -0.39 is 44.3 Å². The van der Waals surface area contributed by atoms with Gasteiger partial charge in [-0.15, -0.1) is 0 Å². The van der Waals surface area contributed by atoms with E-state index in [2.05, 4.69) is 38.2 Å². The van der Waals surface area contributed by atoms with Gasteiger partial charge in [0.1, 0.15) is 6.61 Å². The van der Waals surface area contributed by atoms with E-state index in [9.17, 15) is 29.3 Å². The van der Waals surface area contributed by atoms with Crippen LogP contribution in [0, 0.1) is 0 Å². The first-order valence-corrected chi connectivity index (χ1v) is 23.8. The molecule has 0 radical (unpaired) electrons. The van der Waals surface area contributed by atoms with Gasteiger partial charge in [-0.2, -0.15) is 0 Å². The number of carbonyl (C=O) groups excluding carboxylic acids is 2. The Bertz CT molecular complexity index is 1030. The highest BCUT2D eigenvalue weighted by Crippen LogP contribution is 2.50. The maximum Gasteiger partial charge on any atom is 0.384 e. The van der Waals surface area contributed by atoms with Crippen LogP contribution in [-0.2, 0) is 28.2 Å². The molecule has 0 aliphatic carbocycles. The number of rotatable bonds is 39. The third kappa shape index (κ3) is 33.2. The molecule has 3 N–H and O–H groups in total. The zero-order valence-electron chi connectivity index (χ0n) is 35.9. The summed E-state index contributed by atoms with van der Waals surface area (Å²) in [6.07, 6.45) is 34.6. The van der Waals surface area contributed by atoms with Crippen molar-refractivity contribution in [2.75, 3.05) is 33.9 Å². The number of aliphatic hydroxyl groups excluding tert-OH is 1. The van der Waals surface area contributed by atoms with Gasteiger partial charge in [-0.05, 0) is 64.7 Å². The van der Waals surface area contributed by atoms with E-state index in [4.69, 9.17) is 14.0 Å². The van der Waals surface area contributed by atoms with Gasteiger partial charge in [-0.25, -0.2) is 0 Å². The van der Waals surface area contributed by atoms with Crippen molar-refractivity contribution < 1.29 is 47.7 Å². The van der Waals surface area contributed by atoms with Gasteiger partial charge >= 0.3 is 19.5 Å². The second-order valence-corrected chi connectivity index (χ2v) is 18.2. The molecule has 324 valence electrons. The summed E-state index contributed by atoms with van der Waals surface area (Å²) in [5, 5.41) is 18.6. The van der Waals surface area contributed by atoms with Crippen molar-refractivity contribution in [3.05, 3.63) is 24.3 Å². The summed E-state index contributed by atoms with van der Waals surface area (Å²) in [6, 6.07) is 0. The number of nitrogens with zero attached hydrogens (tertiary/aromatic N) is 1. The summed E-state index contributed by atoms with van der Waals surface area (Å²) in [4.78, 5) is 36.2. The number of unbranched alkanes of at least 4 members (excludes halogenated alkanes) is 20. The number of hydrogen-bond acceptors (Lipinski definition) is 8. The first kappa shape index (κ1) is 53.5. The van der Waals surface area contributed by atoms with Crippen LogP contribution in [0.2, 0.25) is 0 Å². The molecule has 0 rings (SSSR count). The fourth-order valence-corrected chi connectivity index (χ4v) is 7.78. The lowest BCUT2D eigenvalue weighted by molar-refractivity contribution is -0.901. The summed E-state index contributed by atoms with van der Waals surface area (Å²) < 4.78 is 29.8. The zero-order valence-corrected chi connectivity index (χ0v) is 36.8. The molecule has 0 saturated carbocycles. The summed E-state index contributed by atoms with van der Waals surface area (Å²) >= 11 is 0. The lowest BCUT2D eigenvalue weighted by Crippen LogP contribution is -2.49. The first-order chi connectivity index (χ1) is 26.4. The predicted molar refractivity (Wildman–Crippen MR) is 226 cm³/mol. The van der Waals surface area contributed by atoms with Crippen LogP contribution in [0.5, 0.6) is 0 Å². The zero-order chi connectivity index (χ0) is 41.0. The minimum atomic E-state index is -4.24. The lowest BCUT2D eigenvalue weighted by atomic mass is 10.0. The number of hydrogen-bond donors (Lipinski definition) is 3. The third-order valence-electron chi connectivity index (χ3n) is 10.4. The Labute approximate surface area is 337 Å². The number of allylic oxidation sites excluding steroid dienone is 4. The maximum atomic E-state index is 13.2. The summed E-state index contributed by atoms with van der Waals surface area (Å²) in [5.74, 6) is -1.76. The van der Waals surface area contributed by atoms with Crippen LogP contribution < -0.4 is 0 Å². The highest BCUT2D eigenvalue weighted by Gasteiger charge is 2.42. The summed E-state index contributed by atoms with van der Waals surface area (Å²) in [6.45, 7) is 5.56. The summed E-state index contributed by atoms with van der Waals surface area (Å²) in [7, 11) is -0.826. The molecule has 0 fully saturated rings. The Morgan fingerprint density at radius 1 is 0.618 bits per heavy atom. The first-order valence-electron chi connectivity index (χ1n) is 22.2. The van der Waals surface area contributed by atoms with Crippen molar-refractivity contribution >= 4 is 19.5 Å². The maximum absolute atomic E-state index is 13.2. The van der Waals surface area contributed by atoms with Gasteiger partial charge in [0.2, 0.25) is 0 Å². The summed E-state index contributed by atoms with van der Waals surface area (Å²) in [5.41, 5.74) is 0. The number of ether oxygens (including phenoxy) is 2. The largest absolute Gasteiger partial charge is 0.462 e. The van der Waals surface area contributed by atoms with Crippen LogP contribution in [0.15, 0.2) is 24.3 Å². The number of quaternary nitrogens is 1. The molecule has 0 spiro atoms.